The van der Waals surface area contributed by atoms with Crippen LogP contribution in [0.15, 0.2) is 46.6 Å². The largest absolute Gasteiger partial charge is 0.342 e. The molecule has 14 heteroatoms. The van der Waals surface area contributed by atoms with E-state index in [-0.39, 0.29) is 27.1 Å². The summed E-state index contributed by atoms with van der Waals surface area (Å²) >= 11 is 11.8. The van der Waals surface area contributed by atoms with Crippen LogP contribution in [-0.4, -0.2) is 55.0 Å². The second kappa shape index (κ2) is 8.77. The Balaban J connectivity index is 2.00. The topological polar surface area (TPSA) is 141 Å². The van der Waals surface area contributed by atoms with Crippen molar-refractivity contribution in [3.05, 3.63) is 58.0 Å². The van der Waals surface area contributed by atoms with Crippen molar-refractivity contribution in [3.63, 3.8) is 0 Å². The summed E-state index contributed by atoms with van der Waals surface area (Å²) in [6.07, 6.45) is 3.30. The number of sulfone groups is 2. The minimum Gasteiger partial charge on any atom is -0.342 e. The van der Waals surface area contributed by atoms with Crippen LogP contribution in [0.2, 0.25) is 10.0 Å². The van der Waals surface area contributed by atoms with Gasteiger partial charge in [-0.05, 0) is 37.3 Å². The van der Waals surface area contributed by atoms with Crippen molar-refractivity contribution in [2.24, 2.45) is 0 Å². The lowest BCUT2D eigenvalue weighted by Crippen LogP contribution is -2.29. The number of pyridine rings is 1. The molecule has 1 amide bonds. The van der Waals surface area contributed by atoms with Gasteiger partial charge in [-0.3, -0.25) is 4.79 Å². The number of hydrogen-bond acceptors (Lipinski definition) is 8. The van der Waals surface area contributed by atoms with E-state index in [0.717, 1.165) is 12.5 Å². The Morgan fingerprint density at radius 3 is 2.28 bits per heavy atom. The van der Waals surface area contributed by atoms with Gasteiger partial charge < -0.3 is 5.32 Å². The molecule has 2 aromatic heterocycles. The van der Waals surface area contributed by atoms with Gasteiger partial charge in [-0.15, -0.1) is 5.10 Å². The van der Waals surface area contributed by atoms with Crippen LogP contribution < -0.4 is 5.32 Å². The molecule has 0 aliphatic carbocycles. The fourth-order valence-electron chi connectivity index (χ4n) is 2.66. The van der Waals surface area contributed by atoms with Gasteiger partial charge in [-0.2, -0.15) is 9.67 Å². The quantitative estimate of drug-likeness (QED) is 0.524. The van der Waals surface area contributed by atoms with Crippen LogP contribution in [0.4, 0.5) is 0 Å². The van der Waals surface area contributed by atoms with E-state index in [0.29, 0.717) is 5.02 Å². The molecule has 0 spiro atoms. The SMILES string of the molecule is CC(NC(=O)c1cc(Cl)cc(S(C)(=O)=O)c1)c1nc(S(C)(=O)=O)nn1-c1ccc(Cl)cn1. The maximum Gasteiger partial charge on any atom is 0.267 e. The third-order valence-electron chi connectivity index (χ3n) is 4.17. The van der Waals surface area contributed by atoms with Crippen molar-refractivity contribution in [1.82, 2.24) is 25.1 Å². The van der Waals surface area contributed by atoms with Crippen LogP contribution in [0.3, 0.4) is 0 Å². The number of amides is 1. The summed E-state index contributed by atoms with van der Waals surface area (Å²) in [5.41, 5.74) is 0.00351. The van der Waals surface area contributed by atoms with Crippen molar-refractivity contribution in [3.8, 4) is 5.82 Å². The zero-order valence-corrected chi connectivity index (χ0v) is 20.1. The molecule has 1 unspecified atom stereocenters. The van der Waals surface area contributed by atoms with Gasteiger partial charge in [0.1, 0.15) is 0 Å². The second-order valence-electron chi connectivity index (χ2n) is 6.91. The molecule has 32 heavy (non-hydrogen) atoms. The zero-order valence-electron chi connectivity index (χ0n) is 16.9. The minimum absolute atomic E-state index is 0.00351. The first-order valence-electron chi connectivity index (χ1n) is 8.86. The Morgan fingerprint density at radius 2 is 1.72 bits per heavy atom. The van der Waals surface area contributed by atoms with Gasteiger partial charge in [-0.25, -0.2) is 21.8 Å². The maximum absolute atomic E-state index is 12.8. The third kappa shape index (κ3) is 5.44. The Labute approximate surface area is 194 Å². The minimum atomic E-state index is -3.76. The molecule has 1 aromatic carbocycles. The molecule has 3 rings (SSSR count). The Hall–Kier alpha value is -2.54. The van der Waals surface area contributed by atoms with Crippen molar-refractivity contribution < 1.29 is 21.6 Å². The highest BCUT2D eigenvalue weighted by Gasteiger charge is 2.25. The standard InChI is InChI=1S/C18H17Cl2N5O5S2/c1-10(22-17(26)11-6-13(20)8-14(7-11)31(2,27)28)16-23-18(32(3,29)30)24-25(16)15-5-4-12(19)9-21-15/h4-10H,1-3H3,(H,22,26). The molecule has 170 valence electrons. The average Bonchev–Trinajstić information content (AvgIpc) is 3.13. The molecule has 0 fully saturated rings. The van der Waals surface area contributed by atoms with Crippen LogP contribution in [-0.2, 0) is 19.7 Å². The highest BCUT2D eigenvalue weighted by atomic mass is 35.5. The number of carbonyl (C=O) groups is 1. The number of aromatic nitrogens is 4. The van der Waals surface area contributed by atoms with E-state index >= 15 is 0 Å². The smallest absolute Gasteiger partial charge is 0.267 e. The molecule has 0 saturated heterocycles. The average molecular weight is 518 g/mol. The molecule has 0 bridgehead atoms. The van der Waals surface area contributed by atoms with Crippen molar-refractivity contribution in [2.75, 3.05) is 12.5 Å². The lowest BCUT2D eigenvalue weighted by molar-refractivity contribution is 0.0937. The van der Waals surface area contributed by atoms with Crippen molar-refractivity contribution in [2.45, 2.75) is 23.0 Å². The normalized spacial score (nSPS) is 13.0. The number of carbonyl (C=O) groups excluding carboxylic acids is 1. The molecule has 10 nitrogen and oxygen atoms in total. The van der Waals surface area contributed by atoms with Crippen LogP contribution in [0.1, 0.15) is 29.1 Å². The van der Waals surface area contributed by atoms with E-state index < -0.39 is 36.8 Å². The predicted molar refractivity (Wildman–Crippen MR) is 118 cm³/mol. The highest BCUT2D eigenvalue weighted by Crippen LogP contribution is 2.22. The second-order valence-corrected chi connectivity index (χ2v) is 11.7. The van der Waals surface area contributed by atoms with E-state index in [1.807, 2.05) is 0 Å². The van der Waals surface area contributed by atoms with Crippen LogP contribution in [0.5, 0.6) is 0 Å². The molecule has 0 radical (unpaired) electrons. The summed E-state index contributed by atoms with van der Waals surface area (Å²) in [6, 6.07) is 5.94. The van der Waals surface area contributed by atoms with Gasteiger partial charge in [0.05, 0.1) is 16.0 Å². The molecule has 2 heterocycles. The lowest BCUT2D eigenvalue weighted by atomic mass is 10.2. The first-order valence-corrected chi connectivity index (χ1v) is 13.4. The zero-order chi connectivity index (χ0) is 23.8. The van der Waals surface area contributed by atoms with Crippen molar-refractivity contribution >= 4 is 48.8 Å². The number of benzene rings is 1. The molecular formula is C18H17Cl2N5O5S2. The molecule has 3 aromatic rings. The predicted octanol–water partition coefficient (Wildman–Crippen LogP) is 2.27. The first kappa shape index (κ1) is 24.1. The van der Waals surface area contributed by atoms with Gasteiger partial charge in [0, 0.05) is 29.3 Å². The molecule has 0 saturated carbocycles. The van der Waals surface area contributed by atoms with Crippen molar-refractivity contribution in [1.29, 1.82) is 0 Å². The number of hydrogen-bond donors (Lipinski definition) is 1. The Morgan fingerprint density at radius 1 is 1.03 bits per heavy atom. The van der Waals surface area contributed by atoms with E-state index in [9.17, 15) is 21.6 Å². The summed E-state index contributed by atoms with van der Waals surface area (Å²) < 4.78 is 48.8. The monoisotopic (exact) mass is 517 g/mol. The van der Waals surface area contributed by atoms with Gasteiger partial charge in [-0.1, -0.05) is 23.2 Å². The summed E-state index contributed by atoms with van der Waals surface area (Å²) in [7, 11) is -7.35. The van der Waals surface area contributed by atoms with E-state index in [1.54, 1.807) is 6.92 Å². The van der Waals surface area contributed by atoms with E-state index in [2.05, 4.69) is 20.4 Å². The number of halogens is 2. The van der Waals surface area contributed by atoms with Gasteiger partial charge >= 0.3 is 0 Å². The highest BCUT2D eigenvalue weighted by molar-refractivity contribution is 7.90. The number of nitrogens with zero attached hydrogens (tertiary/aromatic N) is 4. The molecule has 0 aliphatic heterocycles. The Kier molecular flexibility index (Phi) is 6.61. The lowest BCUT2D eigenvalue weighted by Gasteiger charge is -2.15. The van der Waals surface area contributed by atoms with Crippen LogP contribution in [0, 0.1) is 0 Å². The summed E-state index contributed by atoms with van der Waals surface area (Å²) in [6.45, 7) is 1.56. The van der Waals surface area contributed by atoms with Gasteiger partial charge in [0.15, 0.2) is 21.5 Å². The molecule has 0 aliphatic rings. The molecular weight excluding hydrogens is 501 g/mol. The third-order valence-corrected chi connectivity index (χ3v) is 6.54. The summed E-state index contributed by atoms with van der Waals surface area (Å²) in [5, 5.41) is 6.62. The van der Waals surface area contributed by atoms with E-state index in [4.69, 9.17) is 23.2 Å². The first-order chi connectivity index (χ1) is 14.8. The van der Waals surface area contributed by atoms with Gasteiger partial charge in [0.25, 0.3) is 11.1 Å². The van der Waals surface area contributed by atoms with E-state index in [1.165, 1.54) is 41.2 Å². The Bertz CT molecular complexity index is 1400. The summed E-state index contributed by atoms with van der Waals surface area (Å²) in [5.74, 6) is -0.335. The fraction of sp³-hybridized carbons (Fsp3) is 0.222. The fourth-order valence-corrected chi connectivity index (χ4v) is 4.24. The molecule has 1 N–H and O–H groups in total. The van der Waals surface area contributed by atoms with Crippen LogP contribution in [0.25, 0.3) is 5.82 Å². The van der Waals surface area contributed by atoms with Gasteiger partial charge in [0.2, 0.25) is 9.84 Å². The number of rotatable bonds is 6. The maximum atomic E-state index is 12.8. The number of nitrogens with one attached hydrogen (secondary N) is 1. The molecule has 1 atom stereocenters. The summed E-state index contributed by atoms with van der Waals surface area (Å²) in [4.78, 5) is 20.8. The van der Waals surface area contributed by atoms with Crippen LogP contribution >= 0.6 is 23.2 Å².